The van der Waals surface area contributed by atoms with E-state index >= 15 is 0 Å². The standard InChI is InChI=1S/C21H17N3O3S/c1-14-3-6-16(7-4-14)24-20(25)17(23-21(24)28-10-2-9-22)11-15-5-8-18-19(12-15)27-13-26-18/h3-8,11-12H,2,10,13H2,1H3. The smallest absolute Gasteiger partial charge is 0.283 e. The fraction of sp³-hybridized carbons (Fsp3) is 0.190. The van der Waals surface area contributed by atoms with E-state index in [1.807, 2.05) is 49.4 Å². The molecule has 0 unspecified atom stereocenters. The van der Waals surface area contributed by atoms with Crippen molar-refractivity contribution in [2.75, 3.05) is 17.4 Å². The predicted molar refractivity (Wildman–Crippen MR) is 109 cm³/mol. The second kappa shape index (κ2) is 7.79. The Labute approximate surface area is 167 Å². The number of nitriles is 1. The number of hydrogen-bond acceptors (Lipinski definition) is 6. The highest BCUT2D eigenvalue weighted by Crippen LogP contribution is 2.34. The van der Waals surface area contributed by atoms with Gasteiger partial charge in [0.15, 0.2) is 16.7 Å². The van der Waals surface area contributed by atoms with Crippen molar-refractivity contribution >= 4 is 34.6 Å². The van der Waals surface area contributed by atoms with E-state index in [4.69, 9.17) is 14.7 Å². The van der Waals surface area contributed by atoms with Crippen LogP contribution in [-0.2, 0) is 4.79 Å². The average molecular weight is 391 g/mol. The summed E-state index contributed by atoms with van der Waals surface area (Å²) in [5.41, 5.74) is 3.03. The van der Waals surface area contributed by atoms with E-state index in [1.165, 1.54) is 11.8 Å². The van der Waals surface area contributed by atoms with Gasteiger partial charge in [-0.1, -0.05) is 35.5 Å². The molecule has 2 aromatic carbocycles. The summed E-state index contributed by atoms with van der Waals surface area (Å²) in [4.78, 5) is 19.2. The van der Waals surface area contributed by atoms with Gasteiger partial charge in [-0.2, -0.15) is 5.26 Å². The van der Waals surface area contributed by atoms with Gasteiger partial charge in [0.05, 0.1) is 11.8 Å². The van der Waals surface area contributed by atoms with Crippen LogP contribution >= 0.6 is 11.8 Å². The van der Waals surface area contributed by atoms with Crippen molar-refractivity contribution in [1.82, 2.24) is 0 Å². The molecule has 4 rings (SSSR count). The molecule has 2 aromatic rings. The first-order valence-electron chi connectivity index (χ1n) is 8.76. The van der Waals surface area contributed by atoms with Crippen molar-refractivity contribution in [3.05, 3.63) is 59.3 Å². The minimum atomic E-state index is -0.194. The zero-order valence-corrected chi connectivity index (χ0v) is 16.0. The average Bonchev–Trinajstić information content (AvgIpc) is 3.28. The van der Waals surface area contributed by atoms with Crippen LogP contribution < -0.4 is 14.4 Å². The molecular weight excluding hydrogens is 374 g/mol. The molecule has 0 aromatic heterocycles. The lowest BCUT2D eigenvalue weighted by Gasteiger charge is -2.17. The molecule has 0 fully saturated rings. The van der Waals surface area contributed by atoms with Gasteiger partial charge >= 0.3 is 0 Å². The molecular formula is C21H17N3O3S. The molecule has 0 radical (unpaired) electrons. The van der Waals surface area contributed by atoms with E-state index < -0.39 is 0 Å². The van der Waals surface area contributed by atoms with Gasteiger partial charge in [0, 0.05) is 12.2 Å². The maximum absolute atomic E-state index is 13.1. The summed E-state index contributed by atoms with van der Waals surface area (Å²) in [6, 6.07) is 15.3. The minimum Gasteiger partial charge on any atom is -0.454 e. The molecule has 1 amide bonds. The van der Waals surface area contributed by atoms with Crippen molar-refractivity contribution in [2.45, 2.75) is 13.3 Å². The number of benzene rings is 2. The predicted octanol–water partition coefficient (Wildman–Crippen LogP) is 4.11. The highest BCUT2D eigenvalue weighted by atomic mass is 32.2. The highest BCUT2D eigenvalue weighted by molar-refractivity contribution is 8.14. The Bertz CT molecular complexity index is 1020. The van der Waals surface area contributed by atoms with Crippen molar-refractivity contribution in [1.29, 1.82) is 5.26 Å². The van der Waals surface area contributed by atoms with Crippen molar-refractivity contribution in [3.63, 3.8) is 0 Å². The molecule has 2 aliphatic heterocycles. The van der Waals surface area contributed by atoms with Gasteiger partial charge in [-0.25, -0.2) is 4.99 Å². The Morgan fingerprint density at radius 3 is 2.79 bits per heavy atom. The maximum atomic E-state index is 13.1. The van der Waals surface area contributed by atoms with Gasteiger partial charge in [0.2, 0.25) is 6.79 Å². The van der Waals surface area contributed by atoms with E-state index in [9.17, 15) is 4.79 Å². The fourth-order valence-electron chi connectivity index (χ4n) is 2.86. The SMILES string of the molecule is Cc1ccc(N2C(=O)C(=Cc3ccc4c(c3)OCO4)N=C2SCCC#N)cc1. The molecule has 2 heterocycles. The Balaban J connectivity index is 1.66. The summed E-state index contributed by atoms with van der Waals surface area (Å²) in [6.07, 6.45) is 2.13. The van der Waals surface area contributed by atoms with Crippen LogP contribution in [-0.4, -0.2) is 23.6 Å². The normalized spacial score (nSPS) is 16.4. The molecule has 0 saturated heterocycles. The number of ether oxygens (including phenoxy) is 2. The number of fused-ring (bicyclic) bond motifs is 1. The number of aliphatic imine (C=N–C) groups is 1. The van der Waals surface area contributed by atoms with E-state index in [0.29, 0.717) is 34.5 Å². The van der Waals surface area contributed by atoms with E-state index in [2.05, 4.69) is 11.1 Å². The van der Waals surface area contributed by atoms with Gasteiger partial charge in [0.1, 0.15) is 5.70 Å². The number of amides is 1. The van der Waals surface area contributed by atoms with Crippen LogP contribution in [0.25, 0.3) is 6.08 Å². The summed E-state index contributed by atoms with van der Waals surface area (Å²) >= 11 is 1.40. The summed E-state index contributed by atoms with van der Waals surface area (Å²) in [6.45, 7) is 2.20. The molecule has 0 atom stereocenters. The van der Waals surface area contributed by atoms with Crippen LogP contribution in [0, 0.1) is 18.3 Å². The van der Waals surface area contributed by atoms with Crippen molar-refractivity contribution in [3.8, 4) is 17.6 Å². The quantitative estimate of drug-likeness (QED) is 0.579. The number of nitrogens with zero attached hydrogens (tertiary/aromatic N) is 3. The first-order chi connectivity index (χ1) is 13.7. The topological polar surface area (TPSA) is 74.9 Å². The zero-order chi connectivity index (χ0) is 19.5. The van der Waals surface area contributed by atoms with Gasteiger partial charge in [0.25, 0.3) is 5.91 Å². The Kier molecular flexibility index (Phi) is 5.04. The number of rotatable bonds is 4. The molecule has 28 heavy (non-hydrogen) atoms. The maximum Gasteiger partial charge on any atom is 0.283 e. The molecule has 0 aliphatic carbocycles. The first kappa shape index (κ1) is 18.1. The lowest BCUT2D eigenvalue weighted by Crippen LogP contribution is -2.30. The van der Waals surface area contributed by atoms with Crippen LogP contribution in [0.1, 0.15) is 17.5 Å². The molecule has 0 bridgehead atoms. The number of aryl methyl sites for hydroxylation is 1. The van der Waals surface area contributed by atoms with E-state index in [-0.39, 0.29) is 12.7 Å². The zero-order valence-electron chi connectivity index (χ0n) is 15.2. The third-order valence-electron chi connectivity index (χ3n) is 4.27. The summed E-state index contributed by atoms with van der Waals surface area (Å²) in [5, 5.41) is 9.39. The van der Waals surface area contributed by atoms with E-state index in [1.54, 1.807) is 11.0 Å². The molecule has 0 spiro atoms. The number of anilines is 1. The number of carbonyl (C=O) groups is 1. The van der Waals surface area contributed by atoms with Crippen LogP contribution in [0.3, 0.4) is 0 Å². The number of thioether (sulfide) groups is 1. The third kappa shape index (κ3) is 3.59. The van der Waals surface area contributed by atoms with Gasteiger partial charge in [-0.3, -0.25) is 9.69 Å². The second-order valence-electron chi connectivity index (χ2n) is 6.27. The summed E-state index contributed by atoms with van der Waals surface area (Å²) in [7, 11) is 0. The molecule has 140 valence electrons. The molecule has 6 nitrogen and oxygen atoms in total. The van der Waals surface area contributed by atoms with E-state index in [0.717, 1.165) is 16.8 Å². The van der Waals surface area contributed by atoms with Gasteiger partial charge < -0.3 is 9.47 Å². The Hall–Kier alpha value is -3.24. The molecule has 0 N–H and O–H groups in total. The first-order valence-corrected chi connectivity index (χ1v) is 9.75. The lowest BCUT2D eigenvalue weighted by molar-refractivity contribution is -0.113. The van der Waals surface area contributed by atoms with Crippen LogP contribution in [0.2, 0.25) is 0 Å². The number of hydrogen-bond donors (Lipinski definition) is 0. The van der Waals surface area contributed by atoms with Gasteiger partial charge in [-0.05, 0) is 42.8 Å². The second-order valence-corrected chi connectivity index (χ2v) is 7.33. The van der Waals surface area contributed by atoms with Crippen molar-refractivity contribution in [2.24, 2.45) is 4.99 Å². The monoisotopic (exact) mass is 391 g/mol. The minimum absolute atomic E-state index is 0.194. The van der Waals surface area contributed by atoms with Crippen LogP contribution in [0.15, 0.2) is 53.2 Å². The number of amidine groups is 1. The molecule has 2 aliphatic rings. The molecule has 7 heteroatoms. The lowest BCUT2D eigenvalue weighted by atomic mass is 10.1. The third-order valence-corrected chi connectivity index (χ3v) is 5.21. The molecule has 0 saturated carbocycles. The fourth-order valence-corrected chi connectivity index (χ4v) is 3.72. The number of carbonyl (C=O) groups excluding carboxylic acids is 1. The van der Waals surface area contributed by atoms with Crippen molar-refractivity contribution < 1.29 is 14.3 Å². The Morgan fingerprint density at radius 2 is 2.00 bits per heavy atom. The van der Waals surface area contributed by atoms with Crippen LogP contribution in [0.5, 0.6) is 11.5 Å². The van der Waals surface area contributed by atoms with Crippen LogP contribution in [0.4, 0.5) is 5.69 Å². The summed E-state index contributed by atoms with van der Waals surface area (Å²) < 4.78 is 10.7. The van der Waals surface area contributed by atoms with Gasteiger partial charge in [-0.15, -0.1) is 0 Å². The highest BCUT2D eigenvalue weighted by Gasteiger charge is 2.32. The summed E-state index contributed by atoms with van der Waals surface area (Å²) in [5.74, 6) is 1.73. The Morgan fingerprint density at radius 1 is 1.21 bits per heavy atom. The largest absolute Gasteiger partial charge is 0.454 e.